The van der Waals surface area contributed by atoms with Crippen LogP contribution in [-0.4, -0.2) is 199 Å². The Bertz CT molecular complexity index is 2800. The molecule has 22 heteroatoms. The van der Waals surface area contributed by atoms with Crippen molar-refractivity contribution < 1.29 is 66.7 Å². The number of rotatable bonds is 27. The number of carbonyl (C=O) groups is 6. The van der Waals surface area contributed by atoms with Crippen LogP contribution in [0.2, 0.25) is 0 Å². The Morgan fingerprint density at radius 2 is 1.09 bits per heavy atom. The monoisotopic (exact) mass is 1100 g/mol. The van der Waals surface area contributed by atoms with Crippen LogP contribution in [-0.2, 0) is 51.3 Å². The van der Waals surface area contributed by atoms with Gasteiger partial charge in [-0.05, 0) is 54.3 Å². The molecule has 2 atom stereocenters. The summed E-state index contributed by atoms with van der Waals surface area (Å²) in [5, 5.41) is 2.69. The topological polar surface area (TPSA) is 229 Å². The molecule has 6 aliphatic rings. The van der Waals surface area contributed by atoms with Crippen molar-refractivity contribution in [1.29, 1.82) is 0 Å². The van der Waals surface area contributed by atoms with E-state index in [1.54, 1.807) is 46.5 Å². The molecular formula is C58H68N8O14. The molecule has 6 aliphatic heterocycles. The van der Waals surface area contributed by atoms with Crippen LogP contribution in [0.4, 0.5) is 17.1 Å². The first-order valence-corrected chi connectivity index (χ1v) is 26.9. The summed E-state index contributed by atoms with van der Waals surface area (Å²) in [5.41, 5.74) is 6.40. The van der Waals surface area contributed by atoms with Gasteiger partial charge in [-0.3, -0.25) is 43.7 Å². The molecule has 3 saturated heterocycles. The molecule has 0 radical (unpaired) electrons. The maximum Gasteiger partial charge on any atom is 0.257 e. The van der Waals surface area contributed by atoms with Crippen LogP contribution in [0.3, 0.4) is 0 Å². The number of methoxy groups -OCH3 is 2. The van der Waals surface area contributed by atoms with Gasteiger partial charge in [0.1, 0.15) is 13.2 Å². The molecule has 0 bridgehead atoms. The van der Waals surface area contributed by atoms with E-state index < -0.39 is 11.8 Å². The highest BCUT2D eigenvalue weighted by atomic mass is 16.6. The molecule has 6 amide bonds. The summed E-state index contributed by atoms with van der Waals surface area (Å²) in [6, 6.07) is 12.7. The number of nitrogens with zero attached hydrogens (tertiary/aromatic N) is 7. The first kappa shape index (κ1) is 56.8. The molecule has 0 aromatic heterocycles. The maximum absolute atomic E-state index is 13.7. The standard InChI is InChI=1S/C58H68N8O14/c1-38-23-43-32-60-47-30-51(49(73-3)28-45(47)57(71)65(43)34-38)79-36-40-25-41(37-80-52-31-48-46(29-50(52)74-4)58(72)66-35-39(2)24-44(66)33-61-48)27-42(26-40)62-11-13-63(14-12-62)54(68)8-15-75-17-19-77-21-22-78-20-18-76-16-9-59-53(67)7-10-64-55(69)5-6-56(64)70/h5-6,25-33,43-44H,1-2,7-24,34-37H2,3-4H3,(H,59,67)/t43-,44-/m0/s1. The number of hydrogen-bond donors (Lipinski definition) is 1. The Kier molecular flexibility index (Phi) is 19.0. The molecule has 6 heterocycles. The summed E-state index contributed by atoms with van der Waals surface area (Å²) < 4.78 is 46.8. The molecule has 3 fully saturated rings. The fraction of sp³-hybridized carbons (Fsp3) is 0.448. The van der Waals surface area contributed by atoms with Crippen LogP contribution in [0, 0.1) is 0 Å². The second-order valence-corrected chi connectivity index (χ2v) is 19.9. The average molecular weight is 1100 g/mol. The van der Waals surface area contributed by atoms with Crippen molar-refractivity contribution in [3.63, 3.8) is 0 Å². The first-order valence-electron chi connectivity index (χ1n) is 26.9. The number of nitrogens with one attached hydrogen (secondary N) is 1. The largest absolute Gasteiger partial charge is 0.493 e. The van der Waals surface area contributed by atoms with E-state index in [1.165, 1.54) is 26.4 Å². The van der Waals surface area contributed by atoms with Crippen LogP contribution in [0.25, 0.3) is 0 Å². The van der Waals surface area contributed by atoms with E-state index in [0.29, 0.717) is 150 Å². The van der Waals surface area contributed by atoms with Gasteiger partial charge in [-0.15, -0.1) is 0 Å². The van der Waals surface area contributed by atoms with E-state index >= 15 is 0 Å². The number of ether oxygens (including phenoxy) is 8. The molecule has 3 aromatic rings. The summed E-state index contributed by atoms with van der Waals surface area (Å²) in [5.74, 6) is 0.275. The molecule has 424 valence electrons. The molecular weight excluding hydrogens is 1030 g/mol. The third kappa shape index (κ3) is 14.1. The van der Waals surface area contributed by atoms with Gasteiger partial charge in [-0.25, -0.2) is 0 Å². The predicted octanol–water partition coefficient (Wildman–Crippen LogP) is 4.37. The molecule has 22 nitrogen and oxygen atoms in total. The summed E-state index contributed by atoms with van der Waals surface area (Å²) in [7, 11) is 3.07. The minimum Gasteiger partial charge on any atom is -0.493 e. The van der Waals surface area contributed by atoms with E-state index in [4.69, 9.17) is 47.9 Å². The Balaban J connectivity index is 0.740. The van der Waals surface area contributed by atoms with Crippen LogP contribution < -0.4 is 29.2 Å². The zero-order valence-corrected chi connectivity index (χ0v) is 45.3. The minimum absolute atomic E-state index is 0.00338. The number of benzene rings is 3. The Labute approximate surface area is 464 Å². The van der Waals surface area contributed by atoms with Crippen molar-refractivity contribution in [3.05, 3.63) is 101 Å². The van der Waals surface area contributed by atoms with Gasteiger partial charge in [-0.2, -0.15) is 0 Å². The van der Waals surface area contributed by atoms with Gasteiger partial charge in [0, 0.05) is 101 Å². The van der Waals surface area contributed by atoms with Crippen LogP contribution in [0.1, 0.15) is 57.5 Å². The number of anilines is 1. The first-order chi connectivity index (χ1) is 38.8. The average Bonchev–Trinajstić information content (AvgIpc) is 4.12. The number of amides is 6. The van der Waals surface area contributed by atoms with Crippen LogP contribution in [0.15, 0.2) is 88.9 Å². The second kappa shape index (κ2) is 26.8. The number of hydrogen-bond acceptors (Lipinski definition) is 17. The van der Waals surface area contributed by atoms with Crippen molar-refractivity contribution in [1.82, 2.24) is 24.9 Å². The number of fused-ring (bicyclic) bond motifs is 4. The molecule has 1 N–H and O–H groups in total. The van der Waals surface area contributed by atoms with Gasteiger partial charge in [0.25, 0.3) is 23.6 Å². The lowest BCUT2D eigenvalue weighted by atomic mass is 10.1. The molecule has 80 heavy (non-hydrogen) atoms. The fourth-order valence-corrected chi connectivity index (χ4v) is 10.1. The number of imide groups is 1. The minimum atomic E-state index is -0.416. The third-order valence-electron chi connectivity index (χ3n) is 14.3. The van der Waals surface area contributed by atoms with Gasteiger partial charge in [-0.1, -0.05) is 24.3 Å². The third-order valence-corrected chi connectivity index (χ3v) is 14.3. The van der Waals surface area contributed by atoms with Crippen molar-refractivity contribution >= 4 is 64.9 Å². The van der Waals surface area contributed by atoms with Gasteiger partial charge in [0.05, 0.1) is 108 Å². The summed E-state index contributed by atoms with van der Waals surface area (Å²) in [6.07, 6.45) is 7.55. The lowest BCUT2D eigenvalue weighted by molar-refractivity contribution is -0.137. The lowest BCUT2D eigenvalue weighted by Gasteiger charge is -2.36. The zero-order valence-electron chi connectivity index (χ0n) is 45.3. The second-order valence-electron chi connectivity index (χ2n) is 19.9. The van der Waals surface area contributed by atoms with Crippen LogP contribution in [0.5, 0.6) is 23.0 Å². The molecule has 3 aromatic carbocycles. The van der Waals surface area contributed by atoms with E-state index in [0.717, 1.165) is 32.9 Å². The van der Waals surface area contributed by atoms with Crippen LogP contribution >= 0.6 is 0 Å². The molecule has 0 aliphatic carbocycles. The number of piperazine rings is 1. The normalized spacial score (nSPS) is 18.4. The Hall–Kier alpha value is -7.92. The SMILES string of the molecule is C=C1C[C@H]2C=Nc3cc(OCc4cc(COc5cc6c(cc5OC)C(=O)N5CC(=C)C[C@H]5C=N6)cc(N5CCN(C(=O)CCOCCOCCOCCOCCNC(=O)CCN6C(=O)C=CC6=O)CC5)c4)c(OC)cc3C(=O)N2C1. The predicted molar refractivity (Wildman–Crippen MR) is 295 cm³/mol. The Morgan fingerprint density at radius 1 is 0.600 bits per heavy atom. The Morgan fingerprint density at radius 3 is 1.59 bits per heavy atom. The highest BCUT2D eigenvalue weighted by molar-refractivity contribution is 6.13. The summed E-state index contributed by atoms with van der Waals surface area (Å²) in [6.45, 7) is 14.6. The van der Waals surface area contributed by atoms with E-state index in [2.05, 4.69) is 35.5 Å². The van der Waals surface area contributed by atoms with Crippen molar-refractivity contribution in [2.75, 3.05) is 124 Å². The van der Waals surface area contributed by atoms with Gasteiger partial charge in [0.2, 0.25) is 11.8 Å². The highest BCUT2D eigenvalue weighted by Crippen LogP contribution is 2.41. The number of carbonyl (C=O) groups excluding carboxylic acids is 6. The molecule has 0 spiro atoms. The smallest absolute Gasteiger partial charge is 0.257 e. The quantitative estimate of drug-likeness (QED) is 0.0635. The molecule has 0 unspecified atom stereocenters. The van der Waals surface area contributed by atoms with Gasteiger partial charge >= 0.3 is 0 Å². The molecule has 9 rings (SSSR count). The zero-order chi connectivity index (χ0) is 56.1. The summed E-state index contributed by atoms with van der Waals surface area (Å²) in [4.78, 5) is 93.8. The molecule has 0 saturated carbocycles. The van der Waals surface area contributed by atoms with E-state index in [1.807, 2.05) is 11.0 Å². The number of aliphatic imine (C=N–C) groups is 2. The van der Waals surface area contributed by atoms with E-state index in [-0.39, 0.29) is 74.9 Å². The lowest BCUT2D eigenvalue weighted by Crippen LogP contribution is -2.49. The summed E-state index contributed by atoms with van der Waals surface area (Å²) >= 11 is 0. The highest BCUT2D eigenvalue weighted by Gasteiger charge is 2.36. The van der Waals surface area contributed by atoms with E-state index in [9.17, 15) is 28.8 Å². The van der Waals surface area contributed by atoms with Gasteiger partial charge < -0.3 is 62.8 Å². The van der Waals surface area contributed by atoms with Crippen molar-refractivity contribution in [2.45, 2.75) is 51.0 Å². The fourth-order valence-electron chi connectivity index (χ4n) is 10.1. The van der Waals surface area contributed by atoms with Gasteiger partial charge in [0.15, 0.2) is 23.0 Å². The van der Waals surface area contributed by atoms with Crippen molar-refractivity contribution in [3.8, 4) is 23.0 Å². The maximum atomic E-state index is 13.7. The van der Waals surface area contributed by atoms with Crippen molar-refractivity contribution in [2.24, 2.45) is 9.98 Å².